The first-order valence-electron chi connectivity index (χ1n) is 5.03. The highest BCUT2D eigenvalue weighted by molar-refractivity contribution is 6.37. The molecule has 1 aromatic rings. The minimum atomic E-state index is -0.555. The number of nitro benzene ring substituents is 1. The summed E-state index contributed by atoms with van der Waals surface area (Å²) < 4.78 is 5.36. The minimum absolute atomic E-state index is 0.140. The first-order chi connectivity index (χ1) is 8.06. The maximum atomic E-state index is 10.6. The van der Waals surface area contributed by atoms with Gasteiger partial charge in [0.05, 0.1) is 15.0 Å². The Morgan fingerprint density at radius 3 is 2.47 bits per heavy atom. The molecule has 94 valence electrons. The third-order valence-electron chi connectivity index (χ3n) is 1.97. The van der Waals surface area contributed by atoms with E-state index in [2.05, 4.69) is 5.32 Å². The molecule has 0 amide bonds. The summed E-state index contributed by atoms with van der Waals surface area (Å²) in [5.41, 5.74) is -0.154. The molecule has 7 heteroatoms. The van der Waals surface area contributed by atoms with Gasteiger partial charge in [-0.15, -0.1) is 0 Å². The van der Waals surface area contributed by atoms with E-state index in [0.29, 0.717) is 13.2 Å². The van der Waals surface area contributed by atoms with Crippen LogP contribution in [0.2, 0.25) is 10.0 Å². The van der Waals surface area contributed by atoms with Crippen molar-refractivity contribution in [1.29, 1.82) is 0 Å². The molecule has 0 saturated carbocycles. The Bertz CT molecular complexity index is 390. The lowest BCUT2D eigenvalue weighted by Gasteiger charge is -2.09. The summed E-state index contributed by atoms with van der Waals surface area (Å²) in [5, 5.41) is 13.9. The molecule has 0 spiro atoms. The summed E-state index contributed by atoms with van der Waals surface area (Å²) in [4.78, 5) is 10.00. The molecule has 0 aromatic heterocycles. The Labute approximate surface area is 109 Å². The van der Waals surface area contributed by atoms with Gasteiger partial charge in [-0.2, -0.15) is 0 Å². The predicted molar refractivity (Wildman–Crippen MR) is 67.2 cm³/mol. The first kappa shape index (κ1) is 14.0. The van der Waals surface area contributed by atoms with Crippen molar-refractivity contribution in [3.05, 3.63) is 32.3 Å². The van der Waals surface area contributed by atoms with Gasteiger partial charge in [-0.25, -0.2) is 0 Å². The molecule has 5 nitrogen and oxygen atoms in total. The molecular weight excluding hydrogens is 267 g/mol. The van der Waals surface area contributed by atoms with Crippen molar-refractivity contribution in [1.82, 2.24) is 5.32 Å². The van der Waals surface area contributed by atoms with Gasteiger partial charge < -0.3 is 10.1 Å². The standard InChI is InChI=1S/C10H12Cl2N2O3/c1-2-13-3-4-17-10-8(11)5-7(14(15)16)6-9(10)12/h5-6,13H,2-4H2,1H3. The molecule has 0 fully saturated rings. The summed E-state index contributed by atoms with van der Waals surface area (Å²) >= 11 is 11.7. The fourth-order valence-electron chi connectivity index (χ4n) is 1.19. The van der Waals surface area contributed by atoms with Crippen LogP contribution in [0.15, 0.2) is 12.1 Å². The summed E-state index contributed by atoms with van der Waals surface area (Å²) in [5.74, 6) is 0.275. The van der Waals surface area contributed by atoms with Crippen molar-refractivity contribution in [2.24, 2.45) is 0 Å². The van der Waals surface area contributed by atoms with Crippen LogP contribution in [0.25, 0.3) is 0 Å². The van der Waals surface area contributed by atoms with Crippen LogP contribution in [0, 0.1) is 10.1 Å². The maximum absolute atomic E-state index is 10.6. The van der Waals surface area contributed by atoms with Crippen molar-refractivity contribution < 1.29 is 9.66 Å². The van der Waals surface area contributed by atoms with E-state index >= 15 is 0 Å². The number of hydrogen-bond donors (Lipinski definition) is 1. The number of rotatable bonds is 6. The fraction of sp³-hybridized carbons (Fsp3) is 0.400. The van der Waals surface area contributed by atoms with Crippen molar-refractivity contribution in [3.8, 4) is 5.75 Å². The second-order valence-electron chi connectivity index (χ2n) is 3.20. The Hall–Kier alpha value is -1.04. The van der Waals surface area contributed by atoms with Gasteiger partial charge in [-0.05, 0) is 6.54 Å². The van der Waals surface area contributed by atoms with Gasteiger partial charge in [0.25, 0.3) is 5.69 Å². The van der Waals surface area contributed by atoms with Crippen LogP contribution in [0.3, 0.4) is 0 Å². The number of likely N-dealkylation sites (N-methyl/N-ethyl adjacent to an activating group) is 1. The largest absolute Gasteiger partial charge is 0.489 e. The van der Waals surface area contributed by atoms with E-state index in [1.54, 1.807) is 0 Å². The molecule has 0 atom stereocenters. The zero-order valence-electron chi connectivity index (χ0n) is 9.20. The lowest BCUT2D eigenvalue weighted by molar-refractivity contribution is -0.384. The molecule has 1 aromatic carbocycles. The number of nitro groups is 1. The van der Waals surface area contributed by atoms with E-state index in [0.717, 1.165) is 6.54 Å². The monoisotopic (exact) mass is 278 g/mol. The SMILES string of the molecule is CCNCCOc1c(Cl)cc([N+](=O)[O-])cc1Cl. The number of nitrogens with zero attached hydrogens (tertiary/aromatic N) is 1. The smallest absolute Gasteiger partial charge is 0.272 e. The Morgan fingerprint density at radius 2 is 2.00 bits per heavy atom. The van der Waals surface area contributed by atoms with Gasteiger partial charge in [-0.1, -0.05) is 30.1 Å². The Morgan fingerprint density at radius 1 is 1.41 bits per heavy atom. The summed E-state index contributed by atoms with van der Waals surface area (Å²) in [7, 11) is 0. The van der Waals surface area contributed by atoms with Crippen LogP contribution in [-0.2, 0) is 0 Å². The van der Waals surface area contributed by atoms with Gasteiger partial charge in [0.15, 0.2) is 5.75 Å². The van der Waals surface area contributed by atoms with Crippen LogP contribution in [0.4, 0.5) is 5.69 Å². The highest BCUT2D eigenvalue weighted by atomic mass is 35.5. The topological polar surface area (TPSA) is 64.4 Å². The molecule has 17 heavy (non-hydrogen) atoms. The average molecular weight is 279 g/mol. The molecule has 0 saturated heterocycles. The third kappa shape index (κ3) is 4.03. The van der Waals surface area contributed by atoms with Gasteiger partial charge >= 0.3 is 0 Å². The summed E-state index contributed by atoms with van der Waals surface area (Å²) in [6, 6.07) is 2.44. The minimum Gasteiger partial charge on any atom is -0.489 e. The number of non-ortho nitro benzene ring substituents is 1. The number of halogens is 2. The highest BCUT2D eigenvalue weighted by Crippen LogP contribution is 2.36. The number of ether oxygens (including phenoxy) is 1. The van der Waals surface area contributed by atoms with Crippen LogP contribution in [0.5, 0.6) is 5.75 Å². The third-order valence-corrected chi connectivity index (χ3v) is 2.53. The zero-order valence-corrected chi connectivity index (χ0v) is 10.7. The molecule has 0 unspecified atom stereocenters. The molecular formula is C10H12Cl2N2O3. The molecule has 0 heterocycles. The van der Waals surface area contributed by atoms with Gasteiger partial charge in [0.1, 0.15) is 6.61 Å². The average Bonchev–Trinajstić information content (AvgIpc) is 2.26. The number of hydrogen-bond acceptors (Lipinski definition) is 4. The predicted octanol–water partition coefficient (Wildman–Crippen LogP) is 2.89. The van der Waals surface area contributed by atoms with E-state index < -0.39 is 4.92 Å². The first-order valence-corrected chi connectivity index (χ1v) is 5.78. The second-order valence-corrected chi connectivity index (χ2v) is 4.01. The Kier molecular flexibility index (Phi) is 5.47. The molecule has 1 rings (SSSR count). The van der Waals surface area contributed by atoms with Crippen LogP contribution < -0.4 is 10.1 Å². The number of nitrogens with one attached hydrogen (secondary N) is 1. The lowest BCUT2D eigenvalue weighted by Crippen LogP contribution is -2.20. The van der Waals surface area contributed by atoms with Gasteiger partial charge in [0.2, 0.25) is 0 Å². The van der Waals surface area contributed by atoms with E-state index in [9.17, 15) is 10.1 Å². The van der Waals surface area contributed by atoms with E-state index in [4.69, 9.17) is 27.9 Å². The maximum Gasteiger partial charge on any atom is 0.272 e. The highest BCUT2D eigenvalue weighted by Gasteiger charge is 2.15. The van der Waals surface area contributed by atoms with Crippen LogP contribution >= 0.6 is 23.2 Å². The van der Waals surface area contributed by atoms with Crippen molar-refractivity contribution in [3.63, 3.8) is 0 Å². The van der Waals surface area contributed by atoms with Gasteiger partial charge in [0, 0.05) is 18.7 Å². The molecule has 1 N–H and O–H groups in total. The number of benzene rings is 1. The lowest BCUT2D eigenvalue weighted by atomic mass is 10.3. The summed E-state index contributed by atoms with van der Waals surface area (Å²) in [6.45, 7) is 3.86. The normalized spacial score (nSPS) is 10.3. The molecule has 0 aliphatic rings. The molecule has 0 aliphatic heterocycles. The molecule has 0 aliphatic carbocycles. The second kappa shape index (κ2) is 6.64. The van der Waals surface area contributed by atoms with Crippen LogP contribution in [0.1, 0.15) is 6.92 Å². The van der Waals surface area contributed by atoms with Crippen molar-refractivity contribution in [2.75, 3.05) is 19.7 Å². The Balaban J connectivity index is 2.76. The zero-order chi connectivity index (χ0) is 12.8. The fourth-order valence-corrected chi connectivity index (χ4v) is 1.78. The molecule has 0 radical (unpaired) electrons. The summed E-state index contributed by atoms with van der Waals surface area (Å²) in [6.07, 6.45) is 0. The quantitative estimate of drug-likeness (QED) is 0.494. The van der Waals surface area contributed by atoms with Gasteiger partial charge in [-0.3, -0.25) is 10.1 Å². The van der Waals surface area contributed by atoms with Crippen LogP contribution in [-0.4, -0.2) is 24.6 Å². The van der Waals surface area contributed by atoms with Crippen molar-refractivity contribution in [2.45, 2.75) is 6.92 Å². The van der Waals surface area contributed by atoms with E-state index in [-0.39, 0.29) is 21.5 Å². The van der Waals surface area contributed by atoms with Crippen molar-refractivity contribution >= 4 is 28.9 Å². The molecule has 0 bridgehead atoms. The van der Waals surface area contributed by atoms with E-state index in [1.807, 2.05) is 6.92 Å². The van der Waals surface area contributed by atoms with E-state index in [1.165, 1.54) is 12.1 Å².